The standard InChI is InChI=1S/C8H13NO3/c1-12-7-3-5-9-8(11)4-2-6-10/h2,4,6H,3,5,7H2,1H3,(H,9,11)/b4-2-. The van der Waals surface area contributed by atoms with Crippen LogP contribution in [0, 0.1) is 0 Å². The topological polar surface area (TPSA) is 55.4 Å². The number of hydrogen-bond acceptors (Lipinski definition) is 3. The molecule has 0 aromatic carbocycles. The molecule has 1 amide bonds. The molecule has 0 aliphatic carbocycles. The molecule has 0 atom stereocenters. The number of rotatable bonds is 6. The highest BCUT2D eigenvalue weighted by atomic mass is 16.5. The van der Waals surface area contributed by atoms with Crippen LogP contribution in [0.2, 0.25) is 0 Å². The SMILES string of the molecule is COCCCNC(=O)/C=C\C=O. The van der Waals surface area contributed by atoms with Crippen molar-refractivity contribution in [2.75, 3.05) is 20.3 Å². The van der Waals surface area contributed by atoms with Crippen molar-refractivity contribution in [3.8, 4) is 0 Å². The van der Waals surface area contributed by atoms with Crippen LogP contribution >= 0.6 is 0 Å². The lowest BCUT2D eigenvalue weighted by Gasteiger charge is -1.99. The highest BCUT2D eigenvalue weighted by Gasteiger charge is 1.92. The highest BCUT2D eigenvalue weighted by molar-refractivity contribution is 5.90. The molecule has 0 fully saturated rings. The van der Waals surface area contributed by atoms with Crippen molar-refractivity contribution in [3.05, 3.63) is 12.2 Å². The van der Waals surface area contributed by atoms with Gasteiger partial charge in [-0.2, -0.15) is 0 Å². The summed E-state index contributed by atoms with van der Waals surface area (Å²) in [5.74, 6) is -0.252. The monoisotopic (exact) mass is 171 g/mol. The molecule has 4 heteroatoms. The van der Waals surface area contributed by atoms with Crippen molar-refractivity contribution in [1.82, 2.24) is 5.32 Å². The molecule has 0 unspecified atom stereocenters. The molecule has 0 radical (unpaired) electrons. The maximum atomic E-state index is 10.8. The summed E-state index contributed by atoms with van der Waals surface area (Å²) in [5.41, 5.74) is 0. The number of hydrogen-bond donors (Lipinski definition) is 1. The van der Waals surface area contributed by atoms with Crippen LogP contribution in [0.5, 0.6) is 0 Å². The molecule has 0 aromatic heterocycles. The average molecular weight is 171 g/mol. The molecule has 0 spiro atoms. The highest BCUT2D eigenvalue weighted by Crippen LogP contribution is 1.77. The molecule has 0 aliphatic heterocycles. The van der Waals surface area contributed by atoms with E-state index in [1.807, 2.05) is 0 Å². The summed E-state index contributed by atoms with van der Waals surface area (Å²) < 4.78 is 4.78. The van der Waals surface area contributed by atoms with E-state index in [0.29, 0.717) is 19.4 Å². The Balaban J connectivity index is 3.31. The first-order valence-electron chi connectivity index (χ1n) is 3.70. The maximum Gasteiger partial charge on any atom is 0.244 e. The minimum atomic E-state index is -0.252. The molecule has 68 valence electrons. The van der Waals surface area contributed by atoms with Gasteiger partial charge >= 0.3 is 0 Å². The zero-order valence-electron chi connectivity index (χ0n) is 7.08. The second-order valence-electron chi connectivity index (χ2n) is 2.13. The lowest BCUT2D eigenvalue weighted by Crippen LogP contribution is -2.22. The van der Waals surface area contributed by atoms with E-state index in [9.17, 15) is 9.59 Å². The third-order valence-corrected chi connectivity index (χ3v) is 1.15. The van der Waals surface area contributed by atoms with Gasteiger partial charge in [0, 0.05) is 26.3 Å². The van der Waals surface area contributed by atoms with Crippen molar-refractivity contribution in [2.45, 2.75) is 6.42 Å². The molecule has 0 bridgehead atoms. The smallest absolute Gasteiger partial charge is 0.244 e. The normalized spacial score (nSPS) is 10.1. The molecule has 0 aromatic rings. The van der Waals surface area contributed by atoms with Crippen LogP contribution in [-0.4, -0.2) is 32.5 Å². The second kappa shape index (κ2) is 7.94. The fraction of sp³-hybridized carbons (Fsp3) is 0.500. The van der Waals surface area contributed by atoms with Crippen molar-refractivity contribution in [3.63, 3.8) is 0 Å². The van der Waals surface area contributed by atoms with Gasteiger partial charge in [-0.1, -0.05) is 0 Å². The van der Waals surface area contributed by atoms with E-state index in [1.165, 1.54) is 6.08 Å². The van der Waals surface area contributed by atoms with Crippen LogP contribution in [0.15, 0.2) is 12.2 Å². The number of carbonyl (C=O) groups is 2. The summed E-state index contributed by atoms with van der Waals surface area (Å²) in [4.78, 5) is 20.6. The van der Waals surface area contributed by atoms with Crippen molar-refractivity contribution < 1.29 is 14.3 Å². The first-order chi connectivity index (χ1) is 5.81. The first-order valence-corrected chi connectivity index (χ1v) is 3.70. The summed E-state index contributed by atoms with van der Waals surface area (Å²) in [6.07, 6.45) is 3.69. The van der Waals surface area contributed by atoms with Crippen molar-refractivity contribution >= 4 is 12.2 Å². The zero-order valence-corrected chi connectivity index (χ0v) is 7.08. The molecular weight excluding hydrogens is 158 g/mol. The largest absolute Gasteiger partial charge is 0.385 e. The van der Waals surface area contributed by atoms with Crippen LogP contribution in [0.4, 0.5) is 0 Å². The summed E-state index contributed by atoms with van der Waals surface area (Å²) in [5, 5.41) is 2.59. The van der Waals surface area contributed by atoms with Gasteiger partial charge in [-0.25, -0.2) is 0 Å². The summed E-state index contributed by atoms with van der Waals surface area (Å²) in [6, 6.07) is 0. The Morgan fingerprint density at radius 3 is 2.92 bits per heavy atom. The number of nitrogens with one attached hydrogen (secondary N) is 1. The fourth-order valence-electron chi connectivity index (χ4n) is 0.614. The number of methoxy groups -OCH3 is 1. The Morgan fingerprint density at radius 2 is 2.33 bits per heavy atom. The molecule has 1 N–H and O–H groups in total. The summed E-state index contributed by atoms with van der Waals surface area (Å²) >= 11 is 0. The van der Waals surface area contributed by atoms with Crippen LogP contribution in [-0.2, 0) is 14.3 Å². The summed E-state index contributed by atoms with van der Waals surface area (Å²) in [7, 11) is 1.61. The van der Waals surface area contributed by atoms with Crippen LogP contribution in [0.25, 0.3) is 0 Å². The molecule has 0 aliphatic rings. The quantitative estimate of drug-likeness (QED) is 0.345. The van der Waals surface area contributed by atoms with Gasteiger partial charge in [0.25, 0.3) is 0 Å². The first kappa shape index (κ1) is 10.8. The Hall–Kier alpha value is -1.16. The van der Waals surface area contributed by atoms with Gasteiger partial charge in [-0.05, 0) is 12.5 Å². The molecule has 0 saturated carbocycles. The van der Waals surface area contributed by atoms with Crippen molar-refractivity contribution in [2.24, 2.45) is 0 Å². The van der Waals surface area contributed by atoms with Crippen LogP contribution in [0.3, 0.4) is 0 Å². The molecule has 0 rings (SSSR count). The molecule has 0 saturated heterocycles. The number of ether oxygens (including phenoxy) is 1. The number of amides is 1. The van der Waals surface area contributed by atoms with Gasteiger partial charge in [0.05, 0.1) is 0 Å². The Kier molecular flexibility index (Phi) is 7.17. The van der Waals surface area contributed by atoms with E-state index in [4.69, 9.17) is 4.74 Å². The van der Waals surface area contributed by atoms with Gasteiger partial charge in [0.1, 0.15) is 6.29 Å². The number of carbonyl (C=O) groups excluding carboxylic acids is 2. The van der Waals surface area contributed by atoms with Crippen LogP contribution < -0.4 is 5.32 Å². The third-order valence-electron chi connectivity index (χ3n) is 1.15. The zero-order chi connectivity index (χ0) is 9.23. The van der Waals surface area contributed by atoms with Crippen molar-refractivity contribution in [1.29, 1.82) is 0 Å². The average Bonchev–Trinajstić information content (AvgIpc) is 2.09. The van der Waals surface area contributed by atoms with E-state index in [1.54, 1.807) is 7.11 Å². The van der Waals surface area contributed by atoms with Crippen LogP contribution in [0.1, 0.15) is 6.42 Å². The molecule has 12 heavy (non-hydrogen) atoms. The van der Waals surface area contributed by atoms with E-state index in [0.717, 1.165) is 12.5 Å². The molecular formula is C8H13NO3. The van der Waals surface area contributed by atoms with E-state index < -0.39 is 0 Å². The van der Waals surface area contributed by atoms with Gasteiger partial charge in [-0.15, -0.1) is 0 Å². The predicted molar refractivity (Wildman–Crippen MR) is 44.7 cm³/mol. The molecule has 4 nitrogen and oxygen atoms in total. The predicted octanol–water partition coefficient (Wildman–Crippen LogP) is -0.106. The maximum absolute atomic E-state index is 10.8. The Bertz CT molecular complexity index is 166. The van der Waals surface area contributed by atoms with Gasteiger partial charge in [0.15, 0.2) is 0 Å². The Labute approximate surface area is 71.6 Å². The Morgan fingerprint density at radius 1 is 1.58 bits per heavy atom. The van der Waals surface area contributed by atoms with Gasteiger partial charge in [0.2, 0.25) is 5.91 Å². The minimum Gasteiger partial charge on any atom is -0.385 e. The lowest BCUT2D eigenvalue weighted by atomic mass is 10.4. The minimum absolute atomic E-state index is 0.252. The lowest BCUT2D eigenvalue weighted by molar-refractivity contribution is -0.116. The van der Waals surface area contributed by atoms with Gasteiger partial charge < -0.3 is 10.1 Å². The number of allylic oxidation sites excluding steroid dienone is 1. The van der Waals surface area contributed by atoms with E-state index in [-0.39, 0.29) is 5.91 Å². The second-order valence-corrected chi connectivity index (χ2v) is 2.13. The van der Waals surface area contributed by atoms with Gasteiger partial charge in [-0.3, -0.25) is 9.59 Å². The van der Waals surface area contributed by atoms with E-state index in [2.05, 4.69) is 5.32 Å². The third kappa shape index (κ3) is 6.95. The summed E-state index contributed by atoms with van der Waals surface area (Å²) in [6.45, 7) is 1.19. The fourth-order valence-corrected chi connectivity index (χ4v) is 0.614. The van der Waals surface area contributed by atoms with E-state index >= 15 is 0 Å². The number of aldehydes is 1. The molecule has 0 heterocycles.